The van der Waals surface area contributed by atoms with Crippen LogP contribution in [-0.4, -0.2) is 45.3 Å². The Balaban J connectivity index is 1.29. The number of rotatable bonds is 6. The quantitative estimate of drug-likeness (QED) is 0.518. The van der Waals surface area contributed by atoms with Gasteiger partial charge in [0.05, 0.1) is 25.0 Å². The summed E-state index contributed by atoms with van der Waals surface area (Å²) < 4.78 is 57.9. The van der Waals surface area contributed by atoms with E-state index in [1.807, 2.05) is 18.2 Å². The van der Waals surface area contributed by atoms with Crippen LogP contribution in [0.5, 0.6) is 0 Å². The molecule has 3 aromatic rings. The number of fused-ring (bicyclic) bond motifs is 1. The number of piperidine rings is 1. The van der Waals surface area contributed by atoms with Gasteiger partial charge in [0.1, 0.15) is 0 Å². The molecule has 1 aromatic heterocycles. The van der Waals surface area contributed by atoms with Gasteiger partial charge < -0.3 is 0 Å². The Morgan fingerprint density at radius 1 is 0.853 bits per heavy atom. The summed E-state index contributed by atoms with van der Waals surface area (Å²) in [5.74, 6) is 0.232. The van der Waals surface area contributed by atoms with E-state index in [0.29, 0.717) is 25.9 Å². The van der Waals surface area contributed by atoms with E-state index < -0.39 is 20.0 Å². The Labute approximate surface area is 205 Å². The number of nitrogens with zero attached hydrogens (tertiary/aromatic N) is 2. The number of hydrogen-bond acceptors (Lipinski definition) is 6. The van der Waals surface area contributed by atoms with Gasteiger partial charge in [-0.1, -0.05) is 37.5 Å². The van der Waals surface area contributed by atoms with Gasteiger partial charge in [-0.05, 0) is 56.0 Å². The van der Waals surface area contributed by atoms with Crippen molar-refractivity contribution in [2.45, 2.75) is 66.7 Å². The monoisotopic (exact) mass is 519 g/mol. The van der Waals surface area contributed by atoms with E-state index in [0.717, 1.165) is 47.3 Å². The molecule has 0 spiro atoms. The standard InChI is InChI=1S/C24H29N3O4S3/c28-33(29,26-19-7-2-1-3-8-19)20-9-6-10-21(17-20)34(30,31)27-15-13-18(14-16-27)24-25-22-11-4-5-12-23(22)32-24/h4-6,9-12,17-19,26H,1-3,7-8,13-16H2. The van der Waals surface area contributed by atoms with Gasteiger partial charge >= 0.3 is 0 Å². The molecule has 2 aromatic carbocycles. The first-order chi connectivity index (χ1) is 16.3. The van der Waals surface area contributed by atoms with Crippen molar-refractivity contribution < 1.29 is 16.8 Å². The van der Waals surface area contributed by atoms with Crippen molar-refractivity contribution in [2.75, 3.05) is 13.1 Å². The maximum absolute atomic E-state index is 13.3. The van der Waals surface area contributed by atoms with Crippen molar-refractivity contribution in [2.24, 2.45) is 0 Å². The SMILES string of the molecule is O=S(=O)(NC1CCCCC1)c1cccc(S(=O)(=O)N2CCC(c3nc4ccccc4s3)CC2)c1. The molecule has 1 saturated carbocycles. The summed E-state index contributed by atoms with van der Waals surface area (Å²) >= 11 is 1.67. The summed E-state index contributed by atoms with van der Waals surface area (Å²) in [7, 11) is -7.55. The highest BCUT2D eigenvalue weighted by atomic mass is 32.2. The molecule has 1 aliphatic heterocycles. The highest BCUT2D eigenvalue weighted by molar-refractivity contribution is 7.90. The van der Waals surface area contributed by atoms with Crippen LogP contribution in [0.1, 0.15) is 55.9 Å². The molecule has 2 aliphatic rings. The summed E-state index contributed by atoms with van der Waals surface area (Å²) in [6.45, 7) is 0.778. The maximum atomic E-state index is 13.3. The lowest BCUT2D eigenvalue weighted by Gasteiger charge is -2.30. The normalized spacial score (nSPS) is 19.5. The number of aromatic nitrogens is 1. The van der Waals surface area contributed by atoms with Crippen LogP contribution in [0, 0.1) is 0 Å². The van der Waals surface area contributed by atoms with Crippen LogP contribution in [0.4, 0.5) is 0 Å². The number of thiazole rings is 1. The average molecular weight is 520 g/mol. The molecule has 0 amide bonds. The molecule has 1 N–H and O–H groups in total. The van der Waals surface area contributed by atoms with E-state index in [1.54, 1.807) is 11.3 Å². The third kappa shape index (κ3) is 4.92. The Morgan fingerprint density at radius 2 is 1.56 bits per heavy atom. The molecule has 0 radical (unpaired) electrons. The Bertz CT molecular complexity index is 1340. The molecule has 1 saturated heterocycles. The Hall–Kier alpha value is -1.85. The number of benzene rings is 2. The first kappa shape index (κ1) is 23.9. The average Bonchev–Trinajstić information content (AvgIpc) is 3.29. The molecule has 2 fully saturated rings. The summed E-state index contributed by atoms with van der Waals surface area (Å²) in [5, 5.41) is 1.06. The molecule has 10 heteroatoms. The highest BCUT2D eigenvalue weighted by Gasteiger charge is 2.32. The summed E-state index contributed by atoms with van der Waals surface area (Å²) in [4.78, 5) is 4.77. The van der Waals surface area contributed by atoms with E-state index in [-0.39, 0.29) is 21.8 Å². The fourth-order valence-electron chi connectivity index (χ4n) is 4.87. The lowest BCUT2D eigenvalue weighted by Crippen LogP contribution is -2.38. The molecular weight excluding hydrogens is 490 g/mol. The molecule has 2 heterocycles. The largest absolute Gasteiger partial charge is 0.243 e. The fourth-order valence-corrected chi connectivity index (χ4v) is 8.94. The fraction of sp³-hybridized carbons (Fsp3) is 0.458. The molecule has 1 aliphatic carbocycles. The smallest absolute Gasteiger partial charge is 0.241 e. The first-order valence-electron chi connectivity index (χ1n) is 11.8. The summed E-state index contributed by atoms with van der Waals surface area (Å²) in [6.07, 6.45) is 6.17. The lowest BCUT2D eigenvalue weighted by molar-refractivity contribution is 0.319. The van der Waals surface area contributed by atoms with Gasteiger partial charge in [-0.3, -0.25) is 0 Å². The Kier molecular flexibility index (Phi) is 6.78. The van der Waals surface area contributed by atoms with Crippen molar-refractivity contribution in [1.82, 2.24) is 14.0 Å². The minimum absolute atomic E-state index is 0.00325. The van der Waals surface area contributed by atoms with E-state index in [1.165, 1.54) is 28.6 Å². The van der Waals surface area contributed by atoms with Gasteiger partial charge in [-0.2, -0.15) is 4.31 Å². The van der Waals surface area contributed by atoms with Crippen molar-refractivity contribution in [1.29, 1.82) is 0 Å². The van der Waals surface area contributed by atoms with Crippen LogP contribution >= 0.6 is 11.3 Å². The molecule has 0 unspecified atom stereocenters. The van der Waals surface area contributed by atoms with Crippen LogP contribution in [0.2, 0.25) is 0 Å². The van der Waals surface area contributed by atoms with Crippen LogP contribution < -0.4 is 4.72 Å². The highest BCUT2D eigenvalue weighted by Crippen LogP contribution is 2.35. The zero-order valence-electron chi connectivity index (χ0n) is 18.9. The number of para-hydroxylation sites is 1. The van der Waals surface area contributed by atoms with Gasteiger partial charge in [0, 0.05) is 25.0 Å². The molecular formula is C24H29N3O4S3. The molecule has 0 bridgehead atoms. The number of nitrogens with one attached hydrogen (secondary N) is 1. The minimum Gasteiger partial charge on any atom is -0.241 e. The predicted molar refractivity (Wildman–Crippen MR) is 134 cm³/mol. The third-order valence-electron chi connectivity index (χ3n) is 6.79. The lowest BCUT2D eigenvalue weighted by atomic mass is 9.96. The minimum atomic E-state index is -3.78. The van der Waals surface area contributed by atoms with Crippen LogP contribution in [0.3, 0.4) is 0 Å². The van der Waals surface area contributed by atoms with Crippen molar-refractivity contribution >= 4 is 41.6 Å². The Morgan fingerprint density at radius 3 is 2.29 bits per heavy atom. The summed E-state index contributed by atoms with van der Waals surface area (Å²) in [6, 6.07) is 13.7. The predicted octanol–water partition coefficient (Wildman–Crippen LogP) is 4.48. The number of sulfonamides is 2. The second-order valence-electron chi connectivity index (χ2n) is 9.13. The van der Waals surface area contributed by atoms with E-state index in [9.17, 15) is 16.8 Å². The van der Waals surface area contributed by atoms with Gasteiger partial charge in [0.15, 0.2) is 0 Å². The van der Waals surface area contributed by atoms with Gasteiger partial charge in [-0.15, -0.1) is 11.3 Å². The third-order valence-corrected chi connectivity index (χ3v) is 11.4. The molecule has 7 nitrogen and oxygen atoms in total. The first-order valence-corrected chi connectivity index (χ1v) is 15.5. The van der Waals surface area contributed by atoms with E-state index in [4.69, 9.17) is 4.98 Å². The molecule has 0 atom stereocenters. The van der Waals surface area contributed by atoms with Crippen LogP contribution in [-0.2, 0) is 20.0 Å². The zero-order valence-corrected chi connectivity index (χ0v) is 21.3. The molecule has 5 rings (SSSR count). The topological polar surface area (TPSA) is 96.4 Å². The van der Waals surface area contributed by atoms with Crippen LogP contribution in [0.25, 0.3) is 10.2 Å². The number of hydrogen-bond donors (Lipinski definition) is 1. The molecule has 34 heavy (non-hydrogen) atoms. The molecule has 182 valence electrons. The zero-order chi connectivity index (χ0) is 23.8. The van der Waals surface area contributed by atoms with Crippen LogP contribution in [0.15, 0.2) is 58.3 Å². The van der Waals surface area contributed by atoms with Gasteiger partial charge in [0.25, 0.3) is 0 Å². The van der Waals surface area contributed by atoms with E-state index >= 15 is 0 Å². The van der Waals surface area contributed by atoms with Crippen molar-refractivity contribution in [3.63, 3.8) is 0 Å². The maximum Gasteiger partial charge on any atom is 0.243 e. The van der Waals surface area contributed by atoms with Gasteiger partial charge in [0.2, 0.25) is 20.0 Å². The second-order valence-corrected chi connectivity index (χ2v) is 13.8. The van der Waals surface area contributed by atoms with Crippen molar-refractivity contribution in [3.05, 3.63) is 53.5 Å². The van der Waals surface area contributed by atoms with Crippen molar-refractivity contribution in [3.8, 4) is 0 Å². The second kappa shape index (κ2) is 9.66. The van der Waals surface area contributed by atoms with Gasteiger partial charge in [-0.25, -0.2) is 26.5 Å². The van der Waals surface area contributed by atoms with E-state index in [2.05, 4.69) is 10.8 Å². The summed E-state index contributed by atoms with van der Waals surface area (Å²) in [5.41, 5.74) is 0.984.